The molecule has 1 fully saturated rings. The summed E-state index contributed by atoms with van der Waals surface area (Å²) in [5.41, 5.74) is -0.373. The summed E-state index contributed by atoms with van der Waals surface area (Å²) in [6, 6.07) is 5.03. The highest BCUT2D eigenvalue weighted by Crippen LogP contribution is 2.34. The Morgan fingerprint density at radius 2 is 2.14 bits per heavy atom. The third-order valence-corrected chi connectivity index (χ3v) is 3.82. The smallest absolute Gasteiger partial charge is 0.224 e. The zero-order chi connectivity index (χ0) is 16.5. The van der Waals surface area contributed by atoms with Crippen LogP contribution >= 0.6 is 0 Å². The Morgan fingerprint density at radius 3 is 2.73 bits per heavy atom. The molecule has 0 spiro atoms. The maximum atomic E-state index is 13.4. The number of hydrogen-bond donors (Lipinski definition) is 1. The summed E-state index contributed by atoms with van der Waals surface area (Å²) in [6.07, 6.45) is -0.438. The van der Waals surface area contributed by atoms with Crippen LogP contribution in [0.15, 0.2) is 18.2 Å². The molecule has 118 valence electrons. The highest BCUT2D eigenvalue weighted by Gasteiger charge is 2.37. The van der Waals surface area contributed by atoms with E-state index >= 15 is 0 Å². The number of hydrogen-bond acceptors (Lipinski definition) is 3. The first-order chi connectivity index (χ1) is 10.2. The number of nitriles is 1. The van der Waals surface area contributed by atoms with Gasteiger partial charge in [-0.1, -0.05) is 6.07 Å². The molecular weight excluding hydrogens is 290 g/mol. The number of benzene rings is 1. The van der Waals surface area contributed by atoms with Crippen LogP contribution in [0, 0.1) is 28.4 Å². The first-order valence-electron chi connectivity index (χ1n) is 7.07. The molecule has 2 atom stereocenters. The lowest BCUT2D eigenvalue weighted by molar-refractivity contribution is -0.133. The molecule has 0 aliphatic carbocycles. The molecule has 0 unspecified atom stereocenters. The van der Waals surface area contributed by atoms with E-state index in [1.165, 1.54) is 11.0 Å². The highest BCUT2D eigenvalue weighted by molar-refractivity contribution is 5.78. The number of carbonyl (C=O) groups is 1. The third kappa shape index (κ3) is 3.42. The van der Waals surface area contributed by atoms with Gasteiger partial charge >= 0.3 is 0 Å². The Hall–Kier alpha value is -2.00. The largest absolute Gasteiger partial charge is 0.391 e. The number of aliphatic hydroxyl groups is 1. The minimum Gasteiger partial charge on any atom is -0.391 e. The second-order valence-electron chi connectivity index (χ2n) is 6.30. The van der Waals surface area contributed by atoms with Crippen molar-refractivity contribution in [2.75, 3.05) is 6.54 Å². The van der Waals surface area contributed by atoms with E-state index in [0.717, 1.165) is 12.1 Å². The average molecular weight is 308 g/mol. The van der Waals surface area contributed by atoms with Gasteiger partial charge in [-0.2, -0.15) is 5.26 Å². The molecule has 22 heavy (non-hydrogen) atoms. The van der Waals surface area contributed by atoms with Crippen molar-refractivity contribution in [2.24, 2.45) is 5.41 Å². The molecule has 4 nitrogen and oxygen atoms in total. The van der Waals surface area contributed by atoms with Crippen LogP contribution < -0.4 is 0 Å². The maximum absolute atomic E-state index is 13.4. The van der Waals surface area contributed by atoms with E-state index in [-0.39, 0.29) is 25.3 Å². The molecule has 1 saturated heterocycles. The topological polar surface area (TPSA) is 64.3 Å². The van der Waals surface area contributed by atoms with Gasteiger partial charge in [0, 0.05) is 13.0 Å². The molecule has 1 amide bonds. The number of amides is 1. The van der Waals surface area contributed by atoms with Crippen LogP contribution in [0.25, 0.3) is 0 Å². The van der Waals surface area contributed by atoms with Gasteiger partial charge in [0.2, 0.25) is 5.91 Å². The molecule has 1 aromatic rings. The molecule has 1 N–H and O–H groups in total. The van der Waals surface area contributed by atoms with Crippen LogP contribution in [0.1, 0.15) is 38.3 Å². The number of nitrogens with zero attached hydrogens (tertiary/aromatic N) is 2. The number of carbonyl (C=O) groups excluding carboxylic acids is 1. The molecule has 6 heteroatoms. The van der Waals surface area contributed by atoms with Crippen molar-refractivity contribution in [3.8, 4) is 6.07 Å². The Balaban J connectivity index is 2.24. The lowest BCUT2D eigenvalue weighted by atomic mass is 9.90. The molecule has 0 aromatic heterocycles. The summed E-state index contributed by atoms with van der Waals surface area (Å²) < 4.78 is 26.4. The fraction of sp³-hybridized carbons (Fsp3) is 0.500. The molecule has 1 aliphatic heterocycles. The zero-order valence-electron chi connectivity index (χ0n) is 12.5. The molecule has 1 heterocycles. The van der Waals surface area contributed by atoms with Crippen molar-refractivity contribution < 1.29 is 18.7 Å². The standard InChI is InChI=1S/C16H18F2N2O2/c1-16(2,9-19)7-15(22)20-8-11(21)6-14(20)10-3-4-12(17)13(18)5-10/h3-5,11,14,21H,6-8H2,1-2H3/t11-,14-/m1/s1. The van der Waals surface area contributed by atoms with Gasteiger partial charge in [0.15, 0.2) is 11.6 Å². The van der Waals surface area contributed by atoms with E-state index < -0.39 is 29.2 Å². The number of rotatable bonds is 3. The summed E-state index contributed by atoms with van der Waals surface area (Å²) in [5, 5.41) is 18.9. The van der Waals surface area contributed by atoms with Gasteiger partial charge in [0.25, 0.3) is 0 Å². The quantitative estimate of drug-likeness (QED) is 0.933. The number of aliphatic hydroxyl groups excluding tert-OH is 1. The summed E-state index contributed by atoms with van der Waals surface area (Å²) in [7, 11) is 0. The Kier molecular flexibility index (Phi) is 4.47. The molecule has 0 bridgehead atoms. The van der Waals surface area contributed by atoms with Crippen LogP contribution in [0.4, 0.5) is 8.78 Å². The minimum atomic E-state index is -0.983. The third-order valence-electron chi connectivity index (χ3n) is 3.82. The summed E-state index contributed by atoms with van der Waals surface area (Å²) in [5.74, 6) is -2.22. The second kappa shape index (κ2) is 6.01. The van der Waals surface area contributed by atoms with E-state index in [1.807, 2.05) is 0 Å². The number of likely N-dealkylation sites (tertiary alicyclic amines) is 1. The van der Waals surface area contributed by atoms with Crippen LogP contribution in [-0.4, -0.2) is 28.6 Å². The highest BCUT2D eigenvalue weighted by atomic mass is 19.2. The molecule has 0 saturated carbocycles. The molecule has 1 aromatic carbocycles. The first-order valence-corrected chi connectivity index (χ1v) is 7.07. The van der Waals surface area contributed by atoms with Crippen molar-refractivity contribution >= 4 is 5.91 Å². The normalized spacial score (nSPS) is 21.7. The van der Waals surface area contributed by atoms with E-state index in [4.69, 9.17) is 5.26 Å². The fourth-order valence-electron chi connectivity index (χ4n) is 2.64. The van der Waals surface area contributed by atoms with E-state index in [2.05, 4.69) is 6.07 Å². The van der Waals surface area contributed by atoms with Crippen molar-refractivity contribution in [2.45, 2.75) is 38.8 Å². The SMILES string of the molecule is CC(C)(C#N)CC(=O)N1C[C@H](O)C[C@@H]1c1ccc(F)c(F)c1. The van der Waals surface area contributed by atoms with Gasteiger partial charge in [-0.15, -0.1) is 0 Å². The van der Waals surface area contributed by atoms with Crippen molar-refractivity contribution in [1.29, 1.82) is 5.26 Å². The minimum absolute atomic E-state index is 0.0103. The fourth-order valence-corrected chi connectivity index (χ4v) is 2.64. The second-order valence-corrected chi connectivity index (χ2v) is 6.30. The molecule has 0 radical (unpaired) electrons. The zero-order valence-corrected chi connectivity index (χ0v) is 12.5. The predicted molar refractivity (Wildman–Crippen MR) is 75.4 cm³/mol. The van der Waals surface area contributed by atoms with Crippen LogP contribution in [0.2, 0.25) is 0 Å². The van der Waals surface area contributed by atoms with E-state index in [0.29, 0.717) is 5.56 Å². The summed E-state index contributed by atoms with van der Waals surface area (Å²) in [4.78, 5) is 13.8. The first kappa shape index (κ1) is 16.4. The Bertz CT molecular complexity index is 625. The van der Waals surface area contributed by atoms with Gasteiger partial charge in [0.1, 0.15) is 0 Å². The summed E-state index contributed by atoms with van der Waals surface area (Å²) >= 11 is 0. The lowest BCUT2D eigenvalue weighted by Gasteiger charge is -2.27. The van der Waals surface area contributed by atoms with Crippen LogP contribution in [0.5, 0.6) is 0 Å². The average Bonchev–Trinajstić information content (AvgIpc) is 2.83. The van der Waals surface area contributed by atoms with Crippen LogP contribution in [0.3, 0.4) is 0 Å². The molecular formula is C16H18F2N2O2. The number of halogens is 2. The van der Waals surface area contributed by atoms with Crippen LogP contribution in [-0.2, 0) is 4.79 Å². The monoisotopic (exact) mass is 308 g/mol. The van der Waals surface area contributed by atoms with E-state index in [1.54, 1.807) is 13.8 Å². The lowest BCUT2D eigenvalue weighted by Crippen LogP contribution is -2.34. The molecule has 2 rings (SSSR count). The number of β-amino-alcohol motifs (C(OH)–C–C–N with tert-alkyl or cyclic N) is 1. The van der Waals surface area contributed by atoms with Crippen molar-refractivity contribution in [1.82, 2.24) is 4.90 Å². The van der Waals surface area contributed by atoms with E-state index in [9.17, 15) is 18.7 Å². The van der Waals surface area contributed by atoms with Gasteiger partial charge in [-0.3, -0.25) is 4.79 Å². The van der Waals surface area contributed by atoms with Gasteiger partial charge in [-0.25, -0.2) is 8.78 Å². The Morgan fingerprint density at radius 1 is 1.45 bits per heavy atom. The maximum Gasteiger partial charge on any atom is 0.224 e. The predicted octanol–water partition coefficient (Wildman–Crippen LogP) is 2.54. The van der Waals surface area contributed by atoms with Crippen molar-refractivity contribution in [3.63, 3.8) is 0 Å². The van der Waals surface area contributed by atoms with Crippen molar-refractivity contribution in [3.05, 3.63) is 35.4 Å². The Labute approximate surface area is 128 Å². The molecule has 1 aliphatic rings. The van der Waals surface area contributed by atoms with Gasteiger partial charge in [0.05, 0.1) is 23.6 Å². The van der Waals surface area contributed by atoms with Gasteiger partial charge in [-0.05, 0) is 38.0 Å². The summed E-state index contributed by atoms with van der Waals surface area (Å²) in [6.45, 7) is 3.44. The van der Waals surface area contributed by atoms with Gasteiger partial charge < -0.3 is 10.0 Å².